The first kappa shape index (κ1) is 10.8. The molecular formula is C12H18N2. The highest BCUT2D eigenvalue weighted by Crippen LogP contribution is 2.02. The fourth-order valence-electron chi connectivity index (χ4n) is 1.10. The van der Waals surface area contributed by atoms with E-state index in [1.165, 1.54) is 0 Å². The topological polar surface area (TPSA) is 24.9 Å². The molecule has 76 valence electrons. The van der Waals surface area contributed by atoms with Gasteiger partial charge < -0.3 is 5.32 Å². The zero-order valence-corrected chi connectivity index (χ0v) is 8.96. The molecule has 0 atom stereocenters. The molecule has 0 aliphatic heterocycles. The average Bonchev–Trinajstić information content (AvgIpc) is 2.19. The number of rotatable bonds is 5. The van der Waals surface area contributed by atoms with Crippen molar-refractivity contribution in [3.8, 4) is 0 Å². The van der Waals surface area contributed by atoms with Crippen LogP contribution in [0.2, 0.25) is 0 Å². The van der Waals surface area contributed by atoms with Gasteiger partial charge in [-0.25, -0.2) is 0 Å². The molecule has 14 heavy (non-hydrogen) atoms. The summed E-state index contributed by atoms with van der Waals surface area (Å²) in [6.45, 7) is 9.13. The smallest absolute Gasteiger partial charge is 0.0421 e. The van der Waals surface area contributed by atoms with E-state index in [9.17, 15) is 0 Å². The summed E-state index contributed by atoms with van der Waals surface area (Å²) in [4.78, 5) is 4.25. The third kappa shape index (κ3) is 3.60. The molecule has 1 rings (SSSR count). The number of hydrogen-bond acceptors (Lipinski definition) is 2. The fraction of sp³-hybridized carbons (Fsp3) is 0.417. The Morgan fingerprint density at radius 1 is 1.50 bits per heavy atom. The summed E-state index contributed by atoms with van der Waals surface area (Å²) in [5.74, 6) is 0.499. The van der Waals surface area contributed by atoms with Crippen LogP contribution in [0, 0.1) is 5.92 Å². The minimum Gasteiger partial charge on any atom is -0.388 e. The van der Waals surface area contributed by atoms with E-state index in [0.29, 0.717) is 5.92 Å². The van der Waals surface area contributed by atoms with E-state index in [2.05, 4.69) is 30.7 Å². The van der Waals surface area contributed by atoms with Crippen LogP contribution in [0.15, 0.2) is 36.7 Å². The molecule has 0 amide bonds. The Labute approximate surface area is 86.1 Å². The number of nitrogens with zero attached hydrogens (tertiary/aromatic N) is 1. The number of pyridine rings is 1. The monoisotopic (exact) mass is 190 g/mol. The Kier molecular flexibility index (Phi) is 4.17. The molecule has 1 N–H and O–H groups in total. The van der Waals surface area contributed by atoms with Gasteiger partial charge in [0.25, 0.3) is 0 Å². The molecule has 0 aliphatic rings. The summed E-state index contributed by atoms with van der Waals surface area (Å²) < 4.78 is 0. The molecule has 0 unspecified atom stereocenters. The number of hydrogen-bond donors (Lipinski definition) is 1. The molecule has 0 fully saturated rings. The highest BCUT2D eigenvalue weighted by molar-refractivity contribution is 5.04. The van der Waals surface area contributed by atoms with E-state index < -0.39 is 0 Å². The lowest BCUT2D eigenvalue weighted by Gasteiger charge is -2.11. The molecule has 2 heteroatoms. The first-order valence-electron chi connectivity index (χ1n) is 5.02. The van der Waals surface area contributed by atoms with Gasteiger partial charge in [0.15, 0.2) is 0 Å². The van der Waals surface area contributed by atoms with E-state index in [1.54, 1.807) is 0 Å². The van der Waals surface area contributed by atoms with E-state index in [1.807, 2.05) is 24.4 Å². The van der Waals surface area contributed by atoms with Crippen molar-refractivity contribution in [3.63, 3.8) is 0 Å². The van der Waals surface area contributed by atoms with Gasteiger partial charge in [-0.2, -0.15) is 0 Å². The molecular weight excluding hydrogens is 172 g/mol. The molecule has 0 saturated carbocycles. The second-order valence-corrected chi connectivity index (χ2v) is 3.68. The first-order valence-corrected chi connectivity index (χ1v) is 5.02. The van der Waals surface area contributed by atoms with Crippen LogP contribution in [0.5, 0.6) is 0 Å². The largest absolute Gasteiger partial charge is 0.388 e. The summed E-state index contributed by atoms with van der Waals surface area (Å²) in [7, 11) is 0. The van der Waals surface area contributed by atoms with Crippen LogP contribution in [0.1, 0.15) is 19.5 Å². The Hall–Kier alpha value is -1.31. The Morgan fingerprint density at radius 2 is 2.29 bits per heavy atom. The molecule has 0 bridgehead atoms. The Bertz CT molecular complexity index is 278. The number of aromatic nitrogens is 1. The molecule has 0 radical (unpaired) electrons. The van der Waals surface area contributed by atoms with Crippen LogP contribution in [0.3, 0.4) is 0 Å². The molecule has 0 aromatic carbocycles. The van der Waals surface area contributed by atoms with Crippen molar-refractivity contribution in [1.29, 1.82) is 0 Å². The van der Waals surface area contributed by atoms with Gasteiger partial charge in [-0.05, 0) is 18.1 Å². The predicted molar refractivity (Wildman–Crippen MR) is 59.9 cm³/mol. The highest BCUT2D eigenvalue weighted by Gasteiger charge is 1.98. The standard InChI is InChI=1S/C12H18N2/c1-10(2)11(3)13-9-7-12-6-4-5-8-14-12/h4-6,8,10,13H,3,7,9H2,1-2H3. The maximum absolute atomic E-state index is 4.25. The van der Waals surface area contributed by atoms with Crippen molar-refractivity contribution in [2.45, 2.75) is 20.3 Å². The fourth-order valence-corrected chi connectivity index (χ4v) is 1.10. The van der Waals surface area contributed by atoms with E-state index in [-0.39, 0.29) is 0 Å². The molecule has 0 saturated heterocycles. The van der Waals surface area contributed by atoms with E-state index in [0.717, 1.165) is 24.4 Å². The SMILES string of the molecule is C=C(NCCc1ccccn1)C(C)C. The second-order valence-electron chi connectivity index (χ2n) is 3.68. The van der Waals surface area contributed by atoms with Crippen LogP contribution in [-0.4, -0.2) is 11.5 Å². The van der Waals surface area contributed by atoms with Gasteiger partial charge in [-0.1, -0.05) is 26.5 Å². The van der Waals surface area contributed by atoms with Crippen LogP contribution < -0.4 is 5.32 Å². The van der Waals surface area contributed by atoms with Crippen LogP contribution in [0.4, 0.5) is 0 Å². The Morgan fingerprint density at radius 3 is 2.86 bits per heavy atom. The third-order valence-electron chi connectivity index (χ3n) is 2.16. The number of nitrogens with one attached hydrogen (secondary N) is 1. The summed E-state index contributed by atoms with van der Waals surface area (Å²) in [6, 6.07) is 5.99. The second kappa shape index (κ2) is 5.43. The Balaban J connectivity index is 2.26. The van der Waals surface area contributed by atoms with Gasteiger partial charge in [0.05, 0.1) is 0 Å². The maximum atomic E-state index is 4.25. The van der Waals surface area contributed by atoms with Crippen molar-refractivity contribution in [2.75, 3.05) is 6.54 Å². The van der Waals surface area contributed by atoms with Crippen LogP contribution in [0.25, 0.3) is 0 Å². The third-order valence-corrected chi connectivity index (χ3v) is 2.16. The lowest BCUT2D eigenvalue weighted by Crippen LogP contribution is -2.19. The highest BCUT2D eigenvalue weighted by atomic mass is 14.9. The minimum atomic E-state index is 0.499. The molecule has 1 heterocycles. The van der Waals surface area contributed by atoms with Gasteiger partial charge in [0, 0.05) is 30.6 Å². The van der Waals surface area contributed by atoms with Crippen molar-refractivity contribution in [3.05, 3.63) is 42.4 Å². The molecule has 1 aromatic heterocycles. The zero-order valence-electron chi connectivity index (χ0n) is 8.96. The summed E-state index contributed by atoms with van der Waals surface area (Å²) in [5, 5.41) is 3.30. The number of allylic oxidation sites excluding steroid dienone is 1. The van der Waals surface area contributed by atoms with Crippen LogP contribution in [-0.2, 0) is 6.42 Å². The first-order chi connectivity index (χ1) is 6.70. The summed E-state index contributed by atoms with van der Waals surface area (Å²) in [6.07, 6.45) is 2.78. The molecule has 0 aliphatic carbocycles. The molecule has 0 spiro atoms. The van der Waals surface area contributed by atoms with Gasteiger partial charge in [-0.15, -0.1) is 0 Å². The average molecular weight is 190 g/mol. The van der Waals surface area contributed by atoms with Crippen molar-refractivity contribution in [1.82, 2.24) is 10.3 Å². The van der Waals surface area contributed by atoms with Crippen molar-refractivity contribution >= 4 is 0 Å². The normalized spacial score (nSPS) is 10.2. The maximum Gasteiger partial charge on any atom is 0.0421 e. The van der Waals surface area contributed by atoms with E-state index in [4.69, 9.17) is 0 Å². The van der Waals surface area contributed by atoms with Crippen molar-refractivity contribution in [2.24, 2.45) is 5.92 Å². The van der Waals surface area contributed by atoms with Crippen LogP contribution >= 0.6 is 0 Å². The molecule has 2 nitrogen and oxygen atoms in total. The van der Waals surface area contributed by atoms with Crippen molar-refractivity contribution < 1.29 is 0 Å². The zero-order chi connectivity index (χ0) is 10.4. The van der Waals surface area contributed by atoms with Gasteiger partial charge in [0.2, 0.25) is 0 Å². The van der Waals surface area contributed by atoms with Gasteiger partial charge in [-0.3, -0.25) is 4.98 Å². The minimum absolute atomic E-state index is 0.499. The predicted octanol–water partition coefficient (Wildman–Crippen LogP) is 2.38. The summed E-state index contributed by atoms with van der Waals surface area (Å²) >= 11 is 0. The lowest BCUT2D eigenvalue weighted by atomic mass is 10.1. The van der Waals surface area contributed by atoms with Gasteiger partial charge in [0.1, 0.15) is 0 Å². The van der Waals surface area contributed by atoms with Gasteiger partial charge >= 0.3 is 0 Å². The summed E-state index contributed by atoms with van der Waals surface area (Å²) in [5.41, 5.74) is 2.22. The lowest BCUT2D eigenvalue weighted by molar-refractivity contribution is 0.651. The quantitative estimate of drug-likeness (QED) is 0.771. The molecule has 1 aromatic rings. The van der Waals surface area contributed by atoms with E-state index >= 15 is 0 Å².